The topological polar surface area (TPSA) is 18.5 Å². The van der Waals surface area contributed by atoms with Gasteiger partial charge in [0.25, 0.3) is 0 Å². The van der Waals surface area contributed by atoms with Gasteiger partial charge in [-0.25, -0.2) is 0 Å². The lowest BCUT2D eigenvalue weighted by molar-refractivity contribution is 0.199. The second-order valence-electron chi connectivity index (χ2n) is 7.92. The number of fused-ring (bicyclic) bond motifs is 1. The highest BCUT2D eigenvalue weighted by Crippen LogP contribution is 2.47. The number of rotatable bonds is 7. The van der Waals surface area contributed by atoms with Crippen LogP contribution < -0.4 is 5.19 Å². The van der Waals surface area contributed by atoms with Gasteiger partial charge in [-0.15, -0.1) is 0 Å². The van der Waals surface area contributed by atoms with Gasteiger partial charge in [0.2, 0.25) is 0 Å². The van der Waals surface area contributed by atoms with Crippen LogP contribution in [-0.2, 0) is 8.85 Å². The van der Waals surface area contributed by atoms with Crippen molar-refractivity contribution < 1.29 is 8.85 Å². The minimum Gasteiger partial charge on any atom is -0.394 e. The van der Waals surface area contributed by atoms with Crippen molar-refractivity contribution in [3.63, 3.8) is 0 Å². The van der Waals surface area contributed by atoms with Crippen molar-refractivity contribution in [3.05, 3.63) is 41.5 Å². The normalized spacial score (nSPS) is 14.1. The van der Waals surface area contributed by atoms with Gasteiger partial charge >= 0.3 is 8.56 Å². The maximum atomic E-state index is 6.35. The van der Waals surface area contributed by atoms with Gasteiger partial charge in [0.1, 0.15) is 0 Å². The van der Waals surface area contributed by atoms with Gasteiger partial charge in [-0.1, -0.05) is 76.4 Å². The van der Waals surface area contributed by atoms with E-state index in [0.717, 1.165) is 0 Å². The molecule has 0 spiro atoms. The molecule has 138 valence electrons. The number of benzene rings is 2. The smallest absolute Gasteiger partial charge is 0.379 e. The van der Waals surface area contributed by atoms with Crippen molar-refractivity contribution in [2.24, 2.45) is 5.92 Å². The first-order valence-corrected chi connectivity index (χ1v) is 11.2. The zero-order valence-corrected chi connectivity index (χ0v) is 18.2. The third kappa shape index (κ3) is 3.30. The Morgan fingerprint density at radius 2 is 1.64 bits per heavy atom. The summed E-state index contributed by atoms with van der Waals surface area (Å²) >= 11 is 0. The van der Waals surface area contributed by atoms with Crippen LogP contribution in [0.2, 0.25) is 5.04 Å². The fraction of sp³-hybridized carbons (Fsp3) is 0.545. The van der Waals surface area contributed by atoms with E-state index in [1.54, 1.807) is 0 Å². The van der Waals surface area contributed by atoms with Crippen molar-refractivity contribution in [1.29, 1.82) is 0 Å². The molecule has 25 heavy (non-hydrogen) atoms. The zero-order chi connectivity index (χ0) is 18.8. The summed E-state index contributed by atoms with van der Waals surface area (Å²) in [5.41, 5.74) is 2.54. The van der Waals surface area contributed by atoms with Crippen LogP contribution in [0.1, 0.15) is 51.7 Å². The fourth-order valence-electron chi connectivity index (χ4n) is 4.23. The maximum absolute atomic E-state index is 6.35. The predicted molar refractivity (Wildman–Crippen MR) is 111 cm³/mol. The van der Waals surface area contributed by atoms with Gasteiger partial charge in [0.05, 0.1) is 0 Å². The molecule has 0 radical (unpaired) electrons. The van der Waals surface area contributed by atoms with Crippen LogP contribution in [0.5, 0.6) is 0 Å². The largest absolute Gasteiger partial charge is 0.394 e. The fourth-order valence-corrected chi connectivity index (χ4v) is 8.47. The Balaban J connectivity index is 2.83. The van der Waals surface area contributed by atoms with E-state index in [-0.39, 0.29) is 5.04 Å². The molecule has 0 N–H and O–H groups in total. The van der Waals surface area contributed by atoms with Gasteiger partial charge < -0.3 is 8.85 Å². The molecule has 2 rings (SSSR count). The molecule has 0 saturated heterocycles. The Labute approximate surface area is 154 Å². The molecule has 1 atom stereocenters. The standard InChI is InChI=1S/C22H34O2Si/c1-9-10-18(4)22(5,6)25(23-7,24-8)21-17(3)12-14-19-13-11-16(2)15-20(19)21/h11-15,18H,9-10H2,1-8H3. The minimum absolute atomic E-state index is 0.0463. The second-order valence-corrected chi connectivity index (χ2v) is 11.8. The Bertz CT molecular complexity index is 727. The van der Waals surface area contributed by atoms with E-state index < -0.39 is 8.56 Å². The van der Waals surface area contributed by atoms with Crippen molar-refractivity contribution in [2.75, 3.05) is 14.2 Å². The van der Waals surface area contributed by atoms with E-state index >= 15 is 0 Å². The molecule has 2 aromatic carbocycles. The first-order chi connectivity index (χ1) is 11.7. The van der Waals surface area contributed by atoms with E-state index in [1.807, 2.05) is 14.2 Å². The lowest BCUT2D eigenvalue weighted by atomic mass is 9.92. The van der Waals surface area contributed by atoms with Crippen LogP contribution in [0.4, 0.5) is 0 Å². The quantitative estimate of drug-likeness (QED) is 0.598. The molecule has 0 amide bonds. The van der Waals surface area contributed by atoms with Crippen LogP contribution in [0, 0.1) is 19.8 Å². The summed E-state index contributed by atoms with van der Waals surface area (Å²) in [7, 11) is 0.996. The molecule has 0 aromatic heterocycles. The van der Waals surface area contributed by atoms with Gasteiger partial charge in [-0.3, -0.25) is 0 Å². The third-order valence-electron chi connectivity index (χ3n) is 6.09. The molecule has 0 saturated carbocycles. The van der Waals surface area contributed by atoms with Gasteiger partial charge in [0.15, 0.2) is 0 Å². The molecule has 2 aromatic rings. The van der Waals surface area contributed by atoms with E-state index in [0.29, 0.717) is 5.92 Å². The highest BCUT2D eigenvalue weighted by molar-refractivity contribution is 6.86. The molecule has 0 bridgehead atoms. The monoisotopic (exact) mass is 358 g/mol. The van der Waals surface area contributed by atoms with Crippen LogP contribution in [0.3, 0.4) is 0 Å². The van der Waals surface area contributed by atoms with Gasteiger partial charge in [-0.2, -0.15) is 0 Å². The average molecular weight is 359 g/mol. The summed E-state index contributed by atoms with van der Waals surface area (Å²) in [6, 6.07) is 11.1. The van der Waals surface area contributed by atoms with Crippen molar-refractivity contribution in [2.45, 2.75) is 59.4 Å². The van der Waals surface area contributed by atoms with Crippen LogP contribution in [0.25, 0.3) is 10.8 Å². The molecule has 0 aliphatic heterocycles. The highest BCUT2D eigenvalue weighted by atomic mass is 28.4. The Kier molecular flexibility index (Phi) is 6.13. The van der Waals surface area contributed by atoms with Gasteiger partial charge in [0, 0.05) is 24.4 Å². The molecule has 0 aliphatic rings. The molecule has 0 fully saturated rings. The average Bonchev–Trinajstić information content (AvgIpc) is 2.58. The lowest BCUT2D eigenvalue weighted by Crippen LogP contribution is -2.62. The molecule has 0 heterocycles. The number of aryl methyl sites for hydroxylation is 2. The summed E-state index contributed by atoms with van der Waals surface area (Å²) in [6.45, 7) is 13.6. The van der Waals surface area contributed by atoms with Crippen LogP contribution in [0.15, 0.2) is 30.3 Å². The number of hydrogen-bond donors (Lipinski definition) is 0. The van der Waals surface area contributed by atoms with Crippen molar-refractivity contribution >= 4 is 24.5 Å². The van der Waals surface area contributed by atoms with E-state index in [1.165, 1.54) is 39.9 Å². The first kappa shape index (κ1) is 20.2. The Morgan fingerprint density at radius 3 is 2.20 bits per heavy atom. The van der Waals surface area contributed by atoms with Crippen molar-refractivity contribution in [3.8, 4) is 0 Å². The molecular formula is C22H34O2Si. The lowest BCUT2D eigenvalue weighted by Gasteiger charge is -2.46. The highest BCUT2D eigenvalue weighted by Gasteiger charge is 2.56. The SMILES string of the molecule is CCCC(C)C(C)(C)[Si](OC)(OC)c1c(C)ccc2ccc(C)cc12. The van der Waals surface area contributed by atoms with E-state index in [9.17, 15) is 0 Å². The summed E-state index contributed by atoms with van der Waals surface area (Å²) in [6.07, 6.45) is 2.35. The molecule has 0 aliphatic carbocycles. The predicted octanol–water partition coefficient (Wildman–Crippen LogP) is 5.62. The molecule has 2 nitrogen and oxygen atoms in total. The summed E-state index contributed by atoms with van der Waals surface area (Å²) < 4.78 is 12.7. The number of hydrogen-bond acceptors (Lipinski definition) is 2. The second kappa shape index (κ2) is 7.61. The molecule has 3 heteroatoms. The van der Waals surface area contributed by atoms with E-state index in [4.69, 9.17) is 8.85 Å². The zero-order valence-electron chi connectivity index (χ0n) is 17.2. The summed E-state index contributed by atoms with van der Waals surface area (Å²) in [4.78, 5) is 0. The van der Waals surface area contributed by atoms with Crippen LogP contribution in [-0.4, -0.2) is 22.8 Å². The maximum Gasteiger partial charge on any atom is 0.379 e. The molecule has 1 unspecified atom stereocenters. The Hall–Kier alpha value is -1.16. The first-order valence-electron chi connectivity index (χ1n) is 9.35. The van der Waals surface area contributed by atoms with Crippen molar-refractivity contribution in [1.82, 2.24) is 0 Å². The summed E-state index contributed by atoms with van der Waals surface area (Å²) in [5.74, 6) is 0.517. The minimum atomic E-state index is -2.68. The summed E-state index contributed by atoms with van der Waals surface area (Å²) in [5, 5.41) is 3.80. The van der Waals surface area contributed by atoms with E-state index in [2.05, 4.69) is 71.9 Å². The molecular weight excluding hydrogens is 324 g/mol. The third-order valence-corrected chi connectivity index (χ3v) is 10.8. The van der Waals surface area contributed by atoms with Gasteiger partial charge in [-0.05, 0) is 36.1 Å². The Morgan fingerprint density at radius 1 is 1.04 bits per heavy atom. The van der Waals surface area contributed by atoms with Crippen LogP contribution >= 0.6 is 0 Å².